The third kappa shape index (κ3) is 6.63. The van der Waals surface area contributed by atoms with Crippen LogP contribution in [0.1, 0.15) is 60.3 Å². The van der Waals surface area contributed by atoms with Crippen molar-refractivity contribution >= 4 is 23.2 Å². The van der Waals surface area contributed by atoms with E-state index in [1.807, 2.05) is 11.8 Å². The summed E-state index contributed by atoms with van der Waals surface area (Å²) in [6.07, 6.45) is 7.17. The number of amides is 2. The van der Waals surface area contributed by atoms with Gasteiger partial charge in [0.1, 0.15) is 15.7 Å². The maximum absolute atomic E-state index is 13.2. The van der Waals surface area contributed by atoms with Gasteiger partial charge in [-0.1, -0.05) is 6.42 Å². The van der Waals surface area contributed by atoms with E-state index in [0.29, 0.717) is 36.0 Å². The van der Waals surface area contributed by atoms with Crippen LogP contribution in [0.3, 0.4) is 0 Å². The number of hydrogen-bond acceptors (Lipinski definition) is 5. The van der Waals surface area contributed by atoms with Crippen LogP contribution in [0, 0.1) is 18.7 Å². The van der Waals surface area contributed by atoms with Gasteiger partial charge in [0.2, 0.25) is 5.91 Å². The molecule has 34 heavy (non-hydrogen) atoms. The van der Waals surface area contributed by atoms with Crippen LogP contribution in [0.5, 0.6) is 0 Å². The van der Waals surface area contributed by atoms with Crippen LogP contribution in [0.4, 0.5) is 4.39 Å². The van der Waals surface area contributed by atoms with E-state index >= 15 is 0 Å². The summed E-state index contributed by atoms with van der Waals surface area (Å²) in [7, 11) is 0. The van der Waals surface area contributed by atoms with Gasteiger partial charge in [0.25, 0.3) is 5.91 Å². The second-order valence-corrected chi connectivity index (χ2v) is 10.5. The summed E-state index contributed by atoms with van der Waals surface area (Å²) in [4.78, 5) is 35.0. The summed E-state index contributed by atoms with van der Waals surface area (Å²) < 4.78 is 13.2. The van der Waals surface area contributed by atoms with Crippen molar-refractivity contribution in [3.63, 3.8) is 0 Å². The molecule has 0 bridgehead atoms. The van der Waals surface area contributed by atoms with Crippen molar-refractivity contribution in [2.24, 2.45) is 5.92 Å². The first kappa shape index (κ1) is 24.8. The fourth-order valence-corrected chi connectivity index (χ4v) is 5.88. The number of benzene rings is 1. The lowest BCUT2D eigenvalue weighted by Gasteiger charge is -2.31. The minimum atomic E-state index is -0.290. The minimum absolute atomic E-state index is 0.00368. The average Bonchev–Trinajstić information content (AvgIpc) is 3.24. The number of likely N-dealkylation sites (tertiary alicyclic amines) is 2. The highest BCUT2D eigenvalue weighted by Crippen LogP contribution is 2.30. The molecule has 184 valence electrons. The van der Waals surface area contributed by atoms with E-state index in [2.05, 4.69) is 15.2 Å². The van der Waals surface area contributed by atoms with Gasteiger partial charge in [-0.2, -0.15) is 0 Å². The molecule has 1 N–H and O–H groups in total. The molecule has 4 rings (SSSR count). The second kappa shape index (κ2) is 11.9. The fraction of sp³-hybridized carbons (Fsp3) is 0.577. The molecule has 0 saturated carbocycles. The molecular weight excluding hydrogens is 451 g/mol. The molecule has 3 heterocycles. The standard InChI is InChI=1S/C26H35FN4O2S/c1-19-24(34-25(29-19)21-6-8-22(27)9-7-21)26(33)31-16-10-20(11-17-31)18-23(32)28-12-5-15-30-13-3-2-4-14-30/h6-9,20H,2-5,10-18H2,1H3,(H,28,32). The molecule has 2 amide bonds. The third-order valence-corrected chi connectivity index (χ3v) is 8.07. The van der Waals surface area contributed by atoms with Crippen molar-refractivity contribution in [2.45, 2.75) is 51.9 Å². The zero-order valence-electron chi connectivity index (χ0n) is 20.0. The molecule has 2 aliphatic heterocycles. The van der Waals surface area contributed by atoms with E-state index < -0.39 is 0 Å². The van der Waals surface area contributed by atoms with Gasteiger partial charge in [-0.25, -0.2) is 9.37 Å². The van der Waals surface area contributed by atoms with Crippen molar-refractivity contribution in [2.75, 3.05) is 39.3 Å². The Kier molecular flexibility index (Phi) is 8.67. The zero-order valence-corrected chi connectivity index (χ0v) is 20.8. The predicted molar refractivity (Wildman–Crippen MR) is 133 cm³/mol. The van der Waals surface area contributed by atoms with Crippen molar-refractivity contribution in [1.82, 2.24) is 20.1 Å². The van der Waals surface area contributed by atoms with E-state index in [9.17, 15) is 14.0 Å². The lowest BCUT2D eigenvalue weighted by Crippen LogP contribution is -2.40. The smallest absolute Gasteiger partial charge is 0.265 e. The number of thiazole rings is 1. The number of rotatable bonds is 8. The number of carbonyl (C=O) groups excluding carboxylic acids is 2. The number of aryl methyl sites for hydroxylation is 1. The van der Waals surface area contributed by atoms with E-state index in [1.165, 1.54) is 55.8 Å². The van der Waals surface area contributed by atoms with Crippen LogP contribution in [-0.2, 0) is 4.79 Å². The maximum Gasteiger partial charge on any atom is 0.265 e. The second-order valence-electron chi connectivity index (χ2n) is 9.49. The Hall–Kier alpha value is -2.32. The first-order chi connectivity index (χ1) is 16.5. The quantitative estimate of drug-likeness (QED) is 0.559. The van der Waals surface area contributed by atoms with Crippen LogP contribution < -0.4 is 5.32 Å². The molecule has 0 atom stereocenters. The highest BCUT2D eigenvalue weighted by Gasteiger charge is 2.27. The van der Waals surface area contributed by atoms with Crippen molar-refractivity contribution in [1.29, 1.82) is 0 Å². The summed E-state index contributed by atoms with van der Waals surface area (Å²) in [5.41, 5.74) is 1.52. The number of carbonyl (C=O) groups is 2. The summed E-state index contributed by atoms with van der Waals surface area (Å²) in [5.74, 6) is 0.167. The van der Waals surface area contributed by atoms with Gasteiger partial charge in [0, 0.05) is 31.6 Å². The van der Waals surface area contributed by atoms with Crippen LogP contribution in [-0.4, -0.2) is 65.9 Å². The average molecular weight is 487 g/mol. The molecule has 0 unspecified atom stereocenters. The molecule has 1 aromatic carbocycles. The van der Waals surface area contributed by atoms with Gasteiger partial charge in [-0.05, 0) is 88.8 Å². The Balaban J connectivity index is 1.19. The van der Waals surface area contributed by atoms with Crippen LogP contribution in [0.15, 0.2) is 24.3 Å². The topological polar surface area (TPSA) is 65.5 Å². The molecule has 2 aliphatic rings. The normalized spacial score (nSPS) is 17.6. The Morgan fingerprint density at radius 3 is 2.50 bits per heavy atom. The zero-order chi connectivity index (χ0) is 23.9. The molecule has 6 nitrogen and oxygen atoms in total. The van der Waals surface area contributed by atoms with E-state index in [1.54, 1.807) is 12.1 Å². The summed E-state index contributed by atoms with van der Waals surface area (Å²) in [6, 6.07) is 6.19. The van der Waals surface area contributed by atoms with Crippen molar-refractivity contribution < 1.29 is 14.0 Å². The first-order valence-electron chi connectivity index (χ1n) is 12.5. The van der Waals surface area contributed by atoms with Crippen LogP contribution >= 0.6 is 11.3 Å². The van der Waals surface area contributed by atoms with Crippen LogP contribution in [0.25, 0.3) is 10.6 Å². The van der Waals surface area contributed by atoms with Crippen molar-refractivity contribution in [3.05, 3.63) is 40.7 Å². The van der Waals surface area contributed by atoms with E-state index in [4.69, 9.17) is 0 Å². The largest absolute Gasteiger partial charge is 0.356 e. The van der Waals surface area contributed by atoms with Crippen LogP contribution in [0.2, 0.25) is 0 Å². The molecular formula is C26H35FN4O2S. The molecule has 2 saturated heterocycles. The lowest BCUT2D eigenvalue weighted by molar-refractivity contribution is -0.122. The van der Waals surface area contributed by atoms with Gasteiger partial charge in [-0.15, -0.1) is 11.3 Å². The number of nitrogens with one attached hydrogen (secondary N) is 1. The van der Waals surface area contributed by atoms with Gasteiger partial charge < -0.3 is 15.1 Å². The maximum atomic E-state index is 13.2. The lowest BCUT2D eigenvalue weighted by atomic mass is 9.93. The van der Waals surface area contributed by atoms with E-state index in [-0.39, 0.29) is 17.6 Å². The van der Waals surface area contributed by atoms with Gasteiger partial charge in [0.15, 0.2) is 0 Å². The van der Waals surface area contributed by atoms with Crippen molar-refractivity contribution in [3.8, 4) is 10.6 Å². The predicted octanol–water partition coefficient (Wildman–Crippen LogP) is 4.49. The Bertz CT molecular complexity index is 964. The summed E-state index contributed by atoms with van der Waals surface area (Å²) >= 11 is 1.36. The molecule has 2 fully saturated rings. The monoisotopic (exact) mass is 486 g/mol. The molecule has 0 spiro atoms. The van der Waals surface area contributed by atoms with Gasteiger partial charge in [0.05, 0.1) is 5.69 Å². The molecule has 1 aromatic heterocycles. The molecule has 0 aliphatic carbocycles. The Morgan fingerprint density at radius 2 is 1.79 bits per heavy atom. The molecule has 8 heteroatoms. The fourth-order valence-electron chi connectivity index (χ4n) is 4.84. The van der Waals surface area contributed by atoms with Gasteiger partial charge in [-0.3, -0.25) is 9.59 Å². The summed E-state index contributed by atoms with van der Waals surface area (Å²) in [6.45, 7) is 7.37. The minimum Gasteiger partial charge on any atom is -0.356 e. The highest BCUT2D eigenvalue weighted by atomic mass is 32.1. The SMILES string of the molecule is Cc1nc(-c2ccc(F)cc2)sc1C(=O)N1CCC(CC(=O)NCCCN2CCCCC2)CC1. The molecule has 2 aromatic rings. The third-order valence-electron chi connectivity index (χ3n) is 6.88. The first-order valence-corrected chi connectivity index (χ1v) is 13.3. The number of nitrogens with zero attached hydrogens (tertiary/aromatic N) is 3. The number of hydrogen-bond donors (Lipinski definition) is 1. The Morgan fingerprint density at radius 1 is 1.09 bits per heavy atom. The highest BCUT2D eigenvalue weighted by molar-refractivity contribution is 7.17. The molecule has 0 radical (unpaired) electrons. The Labute approximate surface area is 205 Å². The number of aromatic nitrogens is 1. The summed E-state index contributed by atoms with van der Waals surface area (Å²) in [5, 5.41) is 3.81. The number of halogens is 1. The number of piperidine rings is 2. The van der Waals surface area contributed by atoms with E-state index in [0.717, 1.165) is 42.9 Å². The van der Waals surface area contributed by atoms with Gasteiger partial charge >= 0.3 is 0 Å².